The first-order chi connectivity index (χ1) is 7.13. The molecule has 0 aliphatic carbocycles. The lowest BCUT2D eigenvalue weighted by Crippen LogP contribution is -1.98. The summed E-state index contributed by atoms with van der Waals surface area (Å²) >= 11 is 0. The number of nitro groups is 1. The molecule has 0 unspecified atom stereocenters. The zero-order valence-electron chi connectivity index (χ0n) is 8.40. The van der Waals surface area contributed by atoms with Gasteiger partial charge in [0.25, 0.3) is 5.69 Å². The van der Waals surface area contributed by atoms with Crippen molar-refractivity contribution < 1.29 is 14.1 Å². The Morgan fingerprint density at radius 2 is 2.20 bits per heavy atom. The van der Waals surface area contributed by atoms with Crippen molar-refractivity contribution in [1.29, 1.82) is 0 Å². The fraction of sp³-hybridized carbons (Fsp3) is 0.400. The predicted molar refractivity (Wildman–Crippen MR) is 53.5 cm³/mol. The van der Waals surface area contributed by atoms with Crippen LogP contribution >= 0.6 is 0 Å². The van der Waals surface area contributed by atoms with Gasteiger partial charge in [-0.2, -0.15) is 0 Å². The highest BCUT2D eigenvalue weighted by molar-refractivity contribution is 5.38. The number of nitro benzene ring substituents is 1. The molecule has 0 amide bonds. The van der Waals surface area contributed by atoms with E-state index in [0.29, 0.717) is 6.61 Å². The summed E-state index contributed by atoms with van der Waals surface area (Å²) in [6.07, 6.45) is 1.79. The van der Waals surface area contributed by atoms with Crippen LogP contribution in [0.4, 0.5) is 10.1 Å². The van der Waals surface area contributed by atoms with Gasteiger partial charge in [0.05, 0.1) is 23.7 Å². The molecule has 0 heterocycles. The van der Waals surface area contributed by atoms with Gasteiger partial charge in [-0.3, -0.25) is 10.1 Å². The van der Waals surface area contributed by atoms with Crippen molar-refractivity contribution >= 4 is 5.69 Å². The Balaban J connectivity index is 2.75. The van der Waals surface area contributed by atoms with Crippen LogP contribution in [0.3, 0.4) is 0 Å². The first-order valence-electron chi connectivity index (χ1n) is 4.71. The van der Waals surface area contributed by atoms with Gasteiger partial charge < -0.3 is 4.74 Å². The topological polar surface area (TPSA) is 52.4 Å². The van der Waals surface area contributed by atoms with E-state index in [9.17, 15) is 14.5 Å². The van der Waals surface area contributed by atoms with E-state index in [1.807, 2.05) is 6.92 Å². The number of hydrogen-bond acceptors (Lipinski definition) is 3. The molecule has 0 fully saturated rings. The highest BCUT2D eigenvalue weighted by Gasteiger charge is 2.10. The van der Waals surface area contributed by atoms with E-state index in [1.54, 1.807) is 0 Å². The van der Waals surface area contributed by atoms with Crippen molar-refractivity contribution in [3.63, 3.8) is 0 Å². The molecule has 15 heavy (non-hydrogen) atoms. The average Bonchev–Trinajstić information content (AvgIpc) is 2.17. The molecular formula is C10H12FNO3. The zero-order valence-corrected chi connectivity index (χ0v) is 8.40. The predicted octanol–water partition coefficient (Wildman–Crippen LogP) is 2.91. The standard InChI is InChI=1S/C10H12FNO3/c1-2-3-4-15-10-6-8(11)5-9(7-10)12(13)14/h5-7H,2-4H2,1H3. The molecule has 0 radical (unpaired) electrons. The lowest BCUT2D eigenvalue weighted by Gasteiger charge is -2.04. The van der Waals surface area contributed by atoms with Crippen molar-refractivity contribution in [2.75, 3.05) is 6.61 Å². The largest absolute Gasteiger partial charge is 0.493 e. The Kier molecular flexibility index (Phi) is 4.03. The van der Waals surface area contributed by atoms with Crippen LogP contribution < -0.4 is 4.74 Å². The highest BCUT2D eigenvalue weighted by atomic mass is 19.1. The van der Waals surface area contributed by atoms with Crippen LogP contribution in [0.2, 0.25) is 0 Å². The smallest absolute Gasteiger partial charge is 0.276 e. The molecule has 1 aromatic rings. The Labute approximate surface area is 86.8 Å². The third-order valence-electron chi connectivity index (χ3n) is 1.83. The van der Waals surface area contributed by atoms with Gasteiger partial charge in [0.1, 0.15) is 11.6 Å². The molecule has 0 N–H and O–H groups in total. The number of rotatable bonds is 5. The van der Waals surface area contributed by atoms with Crippen LogP contribution in [0.15, 0.2) is 18.2 Å². The fourth-order valence-corrected chi connectivity index (χ4v) is 1.07. The highest BCUT2D eigenvalue weighted by Crippen LogP contribution is 2.21. The minimum absolute atomic E-state index is 0.204. The van der Waals surface area contributed by atoms with Crippen LogP contribution in [0.25, 0.3) is 0 Å². The summed E-state index contributed by atoms with van der Waals surface area (Å²) in [6, 6.07) is 3.23. The maximum atomic E-state index is 12.9. The fourth-order valence-electron chi connectivity index (χ4n) is 1.07. The molecule has 0 aliphatic heterocycles. The molecule has 82 valence electrons. The van der Waals surface area contributed by atoms with E-state index >= 15 is 0 Å². The third-order valence-corrected chi connectivity index (χ3v) is 1.83. The molecule has 0 aromatic heterocycles. The van der Waals surface area contributed by atoms with Crippen molar-refractivity contribution in [3.8, 4) is 5.75 Å². The van der Waals surface area contributed by atoms with Gasteiger partial charge in [0, 0.05) is 6.07 Å². The quantitative estimate of drug-likeness (QED) is 0.429. The molecule has 0 bridgehead atoms. The summed E-state index contributed by atoms with van der Waals surface area (Å²) < 4.78 is 18.1. The van der Waals surface area contributed by atoms with Crippen LogP contribution in [0.1, 0.15) is 19.8 Å². The van der Waals surface area contributed by atoms with Gasteiger partial charge in [0.2, 0.25) is 0 Å². The molecule has 0 aliphatic rings. The Morgan fingerprint density at radius 3 is 2.80 bits per heavy atom. The molecule has 4 nitrogen and oxygen atoms in total. The summed E-state index contributed by atoms with van der Waals surface area (Å²) in [5.41, 5.74) is -0.290. The Morgan fingerprint density at radius 1 is 1.47 bits per heavy atom. The van der Waals surface area contributed by atoms with Gasteiger partial charge in [0.15, 0.2) is 0 Å². The van der Waals surface area contributed by atoms with Crippen molar-refractivity contribution in [2.24, 2.45) is 0 Å². The van der Waals surface area contributed by atoms with Crippen LogP contribution in [-0.4, -0.2) is 11.5 Å². The maximum absolute atomic E-state index is 12.9. The first kappa shape index (κ1) is 11.4. The monoisotopic (exact) mass is 213 g/mol. The molecule has 0 saturated carbocycles. The van der Waals surface area contributed by atoms with E-state index in [-0.39, 0.29) is 11.4 Å². The Bertz CT molecular complexity index is 355. The number of hydrogen-bond donors (Lipinski definition) is 0. The van der Waals surface area contributed by atoms with Crippen LogP contribution in [0, 0.1) is 15.9 Å². The number of unbranched alkanes of at least 4 members (excludes halogenated alkanes) is 1. The normalized spacial score (nSPS) is 10.0. The molecule has 1 rings (SSSR count). The van der Waals surface area contributed by atoms with E-state index in [4.69, 9.17) is 4.74 Å². The summed E-state index contributed by atoms with van der Waals surface area (Å²) in [4.78, 5) is 9.78. The number of non-ortho nitro benzene ring substituents is 1. The van der Waals surface area contributed by atoms with E-state index < -0.39 is 10.7 Å². The second-order valence-corrected chi connectivity index (χ2v) is 3.10. The summed E-state index contributed by atoms with van der Waals surface area (Å²) in [5.74, 6) is -0.453. The number of halogens is 1. The lowest BCUT2D eigenvalue weighted by atomic mass is 10.3. The Hall–Kier alpha value is -1.65. The van der Waals surface area contributed by atoms with Crippen LogP contribution in [-0.2, 0) is 0 Å². The van der Waals surface area contributed by atoms with E-state index in [2.05, 4.69) is 0 Å². The molecule has 1 aromatic carbocycles. The summed E-state index contributed by atoms with van der Waals surface area (Å²) in [7, 11) is 0. The SMILES string of the molecule is CCCCOc1cc(F)cc([N+](=O)[O-])c1. The van der Waals surface area contributed by atoms with Gasteiger partial charge in [-0.05, 0) is 6.42 Å². The second kappa shape index (κ2) is 5.29. The minimum Gasteiger partial charge on any atom is -0.493 e. The van der Waals surface area contributed by atoms with Gasteiger partial charge >= 0.3 is 0 Å². The molecule has 0 atom stereocenters. The molecule has 0 saturated heterocycles. The number of ether oxygens (including phenoxy) is 1. The lowest BCUT2D eigenvalue weighted by molar-refractivity contribution is -0.385. The molecule has 0 spiro atoms. The zero-order chi connectivity index (χ0) is 11.3. The number of nitrogens with zero attached hydrogens (tertiary/aromatic N) is 1. The molecule has 5 heteroatoms. The minimum atomic E-state index is -0.657. The van der Waals surface area contributed by atoms with Gasteiger partial charge in [-0.15, -0.1) is 0 Å². The second-order valence-electron chi connectivity index (χ2n) is 3.10. The van der Waals surface area contributed by atoms with Crippen molar-refractivity contribution in [1.82, 2.24) is 0 Å². The van der Waals surface area contributed by atoms with Gasteiger partial charge in [-0.25, -0.2) is 4.39 Å². The summed E-state index contributed by atoms with van der Waals surface area (Å²) in [5, 5.41) is 10.4. The van der Waals surface area contributed by atoms with Gasteiger partial charge in [-0.1, -0.05) is 13.3 Å². The number of benzene rings is 1. The van der Waals surface area contributed by atoms with Crippen molar-refractivity contribution in [2.45, 2.75) is 19.8 Å². The first-order valence-corrected chi connectivity index (χ1v) is 4.71. The third kappa shape index (κ3) is 3.53. The van der Waals surface area contributed by atoms with E-state index in [1.165, 1.54) is 6.07 Å². The maximum Gasteiger partial charge on any atom is 0.276 e. The average molecular weight is 213 g/mol. The molecular weight excluding hydrogens is 201 g/mol. The summed E-state index contributed by atoms with van der Waals surface area (Å²) in [6.45, 7) is 2.44. The van der Waals surface area contributed by atoms with Crippen molar-refractivity contribution in [3.05, 3.63) is 34.1 Å². The van der Waals surface area contributed by atoms with E-state index in [0.717, 1.165) is 25.0 Å². The van der Waals surface area contributed by atoms with Crippen LogP contribution in [0.5, 0.6) is 5.75 Å².